The summed E-state index contributed by atoms with van der Waals surface area (Å²) in [6.07, 6.45) is 0. The van der Waals surface area contributed by atoms with Crippen molar-refractivity contribution in [3.05, 3.63) is 0 Å². The van der Waals surface area contributed by atoms with Gasteiger partial charge in [-0.15, -0.1) is 0 Å². The Kier molecular flexibility index (Phi) is 6.88. The molecular formula is C10H18N4O2. The summed E-state index contributed by atoms with van der Waals surface area (Å²) < 4.78 is 0. The third kappa shape index (κ3) is 5.98. The Morgan fingerprint density at radius 3 is 2.38 bits per heavy atom. The molecule has 0 aromatic carbocycles. The van der Waals surface area contributed by atoms with Gasteiger partial charge >= 0.3 is 11.8 Å². The topological polar surface area (TPSA) is 85.2 Å². The maximum Gasteiger partial charge on any atom is 0.310 e. The number of carbonyl (C=O) groups excluding carboxylic acids is 2. The number of nitrogens with one attached hydrogen (secondary N) is 2. The van der Waals surface area contributed by atoms with Crippen molar-refractivity contribution in [2.24, 2.45) is 0 Å². The maximum absolute atomic E-state index is 11.1. The Hall–Kier alpha value is -1.61. The average molecular weight is 226 g/mol. The molecule has 2 N–H and O–H groups in total. The minimum absolute atomic E-state index is 0.155. The summed E-state index contributed by atoms with van der Waals surface area (Å²) in [5, 5.41) is 12.8. The zero-order chi connectivity index (χ0) is 12.6. The monoisotopic (exact) mass is 226 g/mol. The van der Waals surface area contributed by atoms with E-state index in [4.69, 9.17) is 5.26 Å². The van der Waals surface area contributed by atoms with Crippen LogP contribution < -0.4 is 10.6 Å². The number of amides is 2. The molecule has 0 aliphatic heterocycles. The van der Waals surface area contributed by atoms with Gasteiger partial charge < -0.3 is 15.5 Å². The van der Waals surface area contributed by atoms with Gasteiger partial charge in [0.25, 0.3) is 0 Å². The second-order valence-electron chi connectivity index (χ2n) is 3.67. The molecule has 16 heavy (non-hydrogen) atoms. The molecule has 0 bridgehead atoms. The lowest BCUT2D eigenvalue weighted by Crippen LogP contribution is -2.43. The summed E-state index contributed by atoms with van der Waals surface area (Å²) in [7, 11) is 1.94. The summed E-state index contributed by atoms with van der Waals surface area (Å²) >= 11 is 0. The molecule has 0 aliphatic rings. The van der Waals surface area contributed by atoms with Crippen molar-refractivity contribution in [2.75, 3.05) is 26.7 Å². The van der Waals surface area contributed by atoms with Crippen LogP contribution in [0.5, 0.6) is 0 Å². The number of rotatable bonds is 5. The molecule has 6 heteroatoms. The first-order valence-corrected chi connectivity index (χ1v) is 5.12. The van der Waals surface area contributed by atoms with Crippen molar-refractivity contribution in [3.8, 4) is 6.07 Å². The van der Waals surface area contributed by atoms with E-state index in [0.29, 0.717) is 19.1 Å². The minimum Gasteiger partial charge on any atom is -0.347 e. The highest BCUT2D eigenvalue weighted by Gasteiger charge is 2.12. The Morgan fingerprint density at radius 2 is 1.88 bits per heavy atom. The van der Waals surface area contributed by atoms with Crippen LogP contribution in [0.3, 0.4) is 0 Å². The molecule has 6 nitrogen and oxygen atoms in total. The van der Waals surface area contributed by atoms with Gasteiger partial charge in [-0.05, 0) is 20.9 Å². The third-order valence-corrected chi connectivity index (χ3v) is 2.17. The number of nitriles is 1. The van der Waals surface area contributed by atoms with E-state index in [2.05, 4.69) is 10.6 Å². The first-order valence-electron chi connectivity index (χ1n) is 5.12. The van der Waals surface area contributed by atoms with Crippen molar-refractivity contribution in [2.45, 2.75) is 19.9 Å². The average Bonchev–Trinajstić information content (AvgIpc) is 2.25. The van der Waals surface area contributed by atoms with Crippen LogP contribution in [0.1, 0.15) is 13.8 Å². The number of hydrogen-bond donors (Lipinski definition) is 2. The standard InChI is InChI=1S/C10H18N4O2/c1-8(2)14(3)7-6-13-10(16)9(15)12-5-4-11/h8H,5-7H2,1-3H3,(H,12,15)(H,13,16). The van der Waals surface area contributed by atoms with Gasteiger partial charge in [-0.2, -0.15) is 5.26 Å². The lowest BCUT2D eigenvalue weighted by Gasteiger charge is -2.20. The van der Waals surface area contributed by atoms with Gasteiger partial charge in [0.15, 0.2) is 0 Å². The fourth-order valence-corrected chi connectivity index (χ4v) is 0.884. The van der Waals surface area contributed by atoms with Crippen LogP contribution in [-0.2, 0) is 9.59 Å². The lowest BCUT2D eigenvalue weighted by molar-refractivity contribution is -0.139. The SMILES string of the molecule is CC(C)N(C)CCNC(=O)C(=O)NCC#N. The highest BCUT2D eigenvalue weighted by molar-refractivity contribution is 6.35. The molecule has 0 radical (unpaired) electrons. The van der Waals surface area contributed by atoms with Gasteiger partial charge in [0.05, 0.1) is 6.07 Å². The van der Waals surface area contributed by atoms with E-state index in [-0.39, 0.29) is 6.54 Å². The second-order valence-corrected chi connectivity index (χ2v) is 3.67. The predicted molar refractivity (Wildman–Crippen MR) is 59.4 cm³/mol. The Bertz CT molecular complexity index is 283. The van der Waals surface area contributed by atoms with Crippen LogP contribution in [0.15, 0.2) is 0 Å². The number of likely N-dealkylation sites (N-methyl/N-ethyl adjacent to an activating group) is 1. The zero-order valence-corrected chi connectivity index (χ0v) is 9.91. The predicted octanol–water partition coefficient (Wildman–Crippen LogP) is -0.917. The summed E-state index contributed by atoms with van der Waals surface area (Å²) in [5.74, 6) is -1.47. The molecule has 0 aliphatic carbocycles. The van der Waals surface area contributed by atoms with Crippen LogP contribution >= 0.6 is 0 Å². The van der Waals surface area contributed by atoms with E-state index in [1.54, 1.807) is 6.07 Å². The largest absolute Gasteiger partial charge is 0.347 e. The fourth-order valence-electron chi connectivity index (χ4n) is 0.884. The molecule has 0 rings (SSSR count). The lowest BCUT2D eigenvalue weighted by atomic mass is 10.3. The number of hydrogen-bond acceptors (Lipinski definition) is 4. The molecule has 0 heterocycles. The van der Waals surface area contributed by atoms with Gasteiger partial charge in [0, 0.05) is 19.1 Å². The Morgan fingerprint density at radius 1 is 1.31 bits per heavy atom. The van der Waals surface area contributed by atoms with Gasteiger partial charge in [0.1, 0.15) is 6.54 Å². The van der Waals surface area contributed by atoms with Crippen molar-refractivity contribution >= 4 is 11.8 Å². The van der Waals surface area contributed by atoms with Gasteiger partial charge in [0.2, 0.25) is 0 Å². The maximum atomic E-state index is 11.1. The molecule has 0 aromatic heterocycles. The fraction of sp³-hybridized carbons (Fsp3) is 0.700. The van der Waals surface area contributed by atoms with Crippen LogP contribution in [0.25, 0.3) is 0 Å². The summed E-state index contributed by atoms with van der Waals surface area (Å²) in [6, 6.07) is 2.12. The molecule has 0 spiro atoms. The number of nitrogens with zero attached hydrogens (tertiary/aromatic N) is 2. The van der Waals surface area contributed by atoms with E-state index >= 15 is 0 Å². The number of carbonyl (C=O) groups is 2. The zero-order valence-electron chi connectivity index (χ0n) is 9.91. The van der Waals surface area contributed by atoms with E-state index in [1.807, 2.05) is 25.8 Å². The minimum atomic E-state index is -0.770. The van der Waals surface area contributed by atoms with Crippen LogP contribution in [0, 0.1) is 11.3 Å². The van der Waals surface area contributed by atoms with Crippen LogP contribution in [-0.4, -0.2) is 49.4 Å². The summed E-state index contributed by atoms with van der Waals surface area (Å²) in [5.41, 5.74) is 0. The smallest absolute Gasteiger partial charge is 0.310 e. The molecule has 0 saturated carbocycles. The van der Waals surface area contributed by atoms with E-state index in [1.165, 1.54) is 0 Å². The molecule has 0 unspecified atom stereocenters. The van der Waals surface area contributed by atoms with Gasteiger partial charge in [-0.3, -0.25) is 9.59 Å². The molecule has 0 aromatic rings. The van der Waals surface area contributed by atoms with Crippen LogP contribution in [0.4, 0.5) is 0 Å². The molecule has 0 atom stereocenters. The van der Waals surface area contributed by atoms with Gasteiger partial charge in [-0.25, -0.2) is 0 Å². The Balaban J connectivity index is 3.74. The summed E-state index contributed by atoms with van der Waals surface area (Å²) in [4.78, 5) is 24.2. The molecule has 90 valence electrons. The van der Waals surface area contributed by atoms with Crippen molar-refractivity contribution in [1.29, 1.82) is 5.26 Å². The molecular weight excluding hydrogens is 208 g/mol. The molecule has 2 amide bonds. The molecule has 0 saturated heterocycles. The quantitative estimate of drug-likeness (QED) is 0.469. The first-order chi connectivity index (χ1) is 7.49. The van der Waals surface area contributed by atoms with Crippen molar-refractivity contribution in [3.63, 3.8) is 0 Å². The van der Waals surface area contributed by atoms with E-state index < -0.39 is 11.8 Å². The first kappa shape index (κ1) is 14.4. The highest BCUT2D eigenvalue weighted by atomic mass is 16.2. The van der Waals surface area contributed by atoms with Crippen LogP contribution in [0.2, 0.25) is 0 Å². The third-order valence-electron chi connectivity index (χ3n) is 2.17. The van der Waals surface area contributed by atoms with Crippen molar-refractivity contribution < 1.29 is 9.59 Å². The molecule has 0 fully saturated rings. The highest BCUT2D eigenvalue weighted by Crippen LogP contribution is 1.90. The van der Waals surface area contributed by atoms with Crippen molar-refractivity contribution in [1.82, 2.24) is 15.5 Å². The second kappa shape index (κ2) is 7.65. The normalized spacial score (nSPS) is 10.0. The van der Waals surface area contributed by atoms with E-state index in [0.717, 1.165) is 0 Å². The summed E-state index contributed by atoms with van der Waals surface area (Å²) in [6.45, 7) is 5.02. The van der Waals surface area contributed by atoms with E-state index in [9.17, 15) is 9.59 Å². The Labute approximate surface area is 95.6 Å². The van der Waals surface area contributed by atoms with Gasteiger partial charge in [-0.1, -0.05) is 0 Å².